The summed E-state index contributed by atoms with van der Waals surface area (Å²) in [6.07, 6.45) is -1.82. The highest BCUT2D eigenvalue weighted by molar-refractivity contribution is 5.74. The van der Waals surface area contributed by atoms with Gasteiger partial charge in [0.2, 0.25) is 5.91 Å². The van der Waals surface area contributed by atoms with Gasteiger partial charge in [-0.25, -0.2) is 5.84 Å². The van der Waals surface area contributed by atoms with Gasteiger partial charge in [0, 0.05) is 6.42 Å². The fourth-order valence-electron chi connectivity index (χ4n) is 1.30. The molecule has 0 aliphatic heterocycles. The van der Waals surface area contributed by atoms with Crippen LogP contribution in [0.1, 0.15) is 25.7 Å². The Hall–Kier alpha value is -0.820. The van der Waals surface area contributed by atoms with Crippen molar-refractivity contribution < 1.29 is 18.0 Å². The van der Waals surface area contributed by atoms with Gasteiger partial charge < -0.3 is 0 Å². The van der Waals surface area contributed by atoms with E-state index in [0.717, 1.165) is 6.42 Å². The lowest BCUT2D eigenvalue weighted by atomic mass is 10.2. The van der Waals surface area contributed by atoms with Gasteiger partial charge in [-0.2, -0.15) is 13.2 Å². The van der Waals surface area contributed by atoms with E-state index in [1.54, 1.807) is 0 Å². The van der Waals surface area contributed by atoms with E-state index in [1.165, 1.54) is 11.9 Å². The lowest BCUT2D eigenvalue weighted by Gasteiger charge is -2.18. The quantitative estimate of drug-likeness (QED) is 0.303. The molecule has 0 bridgehead atoms. The van der Waals surface area contributed by atoms with E-state index in [0.29, 0.717) is 25.8 Å². The first-order valence-corrected chi connectivity index (χ1v) is 5.10. The second-order valence-electron chi connectivity index (χ2n) is 3.73. The number of carbonyl (C=O) groups excluding carboxylic acids is 1. The number of nitrogens with zero attached hydrogens (tertiary/aromatic N) is 1. The summed E-state index contributed by atoms with van der Waals surface area (Å²) in [7, 11) is 1.43. The van der Waals surface area contributed by atoms with Crippen molar-refractivity contribution in [2.24, 2.45) is 5.84 Å². The van der Waals surface area contributed by atoms with Crippen LogP contribution in [0.4, 0.5) is 13.2 Å². The molecule has 0 aliphatic rings. The molecule has 16 heavy (non-hydrogen) atoms. The van der Waals surface area contributed by atoms with Crippen molar-refractivity contribution in [3.8, 4) is 0 Å². The van der Waals surface area contributed by atoms with Gasteiger partial charge in [0.05, 0.1) is 6.54 Å². The Balaban J connectivity index is 3.41. The molecular weight excluding hydrogens is 223 g/mol. The van der Waals surface area contributed by atoms with Crippen LogP contribution >= 0.6 is 0 Å². The Kier molecular flexibility index (Phi) is 7.07. The van der Waals surface area contributed by atoms with Crippen LogP contribution < -0.4 is 11.3 Å². The second-order valence-corrected chi connectivity index (χ2v) is 3.73. The molecule has 0 saturated heterocycles. The number of hydrazine groups is 1. The Morgan fingerprint density at radius 2 is 1.94 bits per heavy atom. The van der Waals surface area contributed by atoms with Crippen molar-refractivity contribution in [1.82, 2.24) is 10.3 Å². The van der Waals surface area contributed by atoms with E-state index in [9.17, 15) is 18.0 Å². The molecule has 0 unspecified atom stereocenters. The predicted octanol–water partition coefficient (Wildman–Crippen LogP) is 1.03. The van der Waals surface area contributed by atoms with E-state index in [4.69, 9.17) is 5.84 Å². The lowest BCUT2D eigenvalue weighted by Crippen LogP contribution is -2.31. The normalized spacial score (nSPS) is 11.9. The van der Waals surface area contributed by atoms with Crippen molar-refractivity contribution in [3.63, 3.8) is 0 Å². The first-order chi connectivity index (χ1) is 7.35. The molecule has 0 aromatic rings. The van der Waals surface area contributed by atoms with E-state index in [1.807, 2.05) is 5.43 Å². The molecular formula is C9H18F3N3O. The molecule has 0 radical (unpaired) electrons. The molecule has 0 atom stereocenters. The van der Waals surface area contributed by atoms with Gasteiger partial charge in [0.15, 0.2) is 0 Å². The van der Waals surface area contributed by atoms with E-state index in [2.05, 4.69) is 0 Å². The molecule has 4 nitrogen and oxygen atoms in total. The largest absolute Gasteiger partial charge is 0.401 e. The zero-order chi connectivity index (χ0) is 12.6. The summed E-state index contributed by atoms with van der Waals surface area (Å²) < 4.78 is 35.8. The van der Waals surface area contributed by atoms with Gasteiger partial charge in [0.25, 0.3) is 0 Å². The number of alkyl halides is 3. The van der Waals surface area contributed by atoms with Crippen LogP contribution in [0.5, 0.6) is 0 Å². The number of rotatable bonds is 7. The molecule has 96 valence electrons. The second kappa shape index (κ2) is 7.45. The average Bonchev–Trinajstić information content (AvgIpc) is 2.14. The minimum absolute atomic E-state index is 0.247. The van der Waals surface area contributed by atoms with Crippen molar-refractivity contribution in [2.75, 3.05) is 20.1 Å². The van der Waals surface area contributed by atoms with Crippen molar-refractivity contribution in [1.29, 1.82) is 0 Å². The number of nitrogens with one attached hydrogen (secondary N) is 1. The van der Waals surface area contributed by atoms with Crippen LogP contribution in [-0.2, 0) is 4.79 Å². The molecule has 3 N–H and O–H groups in total. The zero-order valence-corrected chi connectivity index (χ0v) is 9.31. The summed E-state index contributed by atoms with van der Waals surface area (Å²) in [6.45, 7) is -0.514. The Morgan fingerprint density at radius 1 is 1.31 bits per heavy atom. The minimum Gasteiger partial charge on any atom is -0.298 e. The Labute approximate surface area is 92.9 Å². The maximum Gasteiger partial charge on any atom is 0.401 e. The van der Waals surface area contributed by atoms with Gasteiger partial charge >= 0.3 is 6.18 Å². The summed E-state index contributed by atoms with van der Waals surface area (Å²) >= 11 is 0. The van der Waals surface area contributed by atoms with Crippen LogP contribution in [0.3, 0.4) is 0 Å². The first kappa shape index (κ1) is 15.2. The molecule has 0 aromatic carbocycles. The summed E-state index contributed by atoms with van der Waals surface area (Å²) in [5.74, 6) is 4.62. The van der Waals surface area contributed by atoms with E-state index < -0.39 is 12.7 Å². The molecule has 0 saturated carbocycles. The molecule has 0 rings (SSSR count). The number of halogens is 3. The molecule has 0 fully saturated rings. The monoisotopic (exact) mass is 241 g/mol. The lowest BCUT2D eigenvalue weighted by molar-refractivity contribution is -0.143. The summed E-state index contributed by atoms with van der Waals surface area (Å²) in [5.41, 5.74) is 2.00. The fourth-order valence-corrected chi connectivity index (χ4v) is 1.30. The standard InChI is InChI=1S/C9H18F3N3O/c1-15(7-9(10,11)12)6-4-2-3-5-8(16)14-13/h2-7,13H2,1H3,(H,14,16). The topological polar surface area (TPSA) is 58.4 Å². The first-order valence-electron chi connectivity index (χ1n) is 5.10. The SMILES string of the molecule is CN(CCCCCC(=O)NN)CC(F)(F)F. The van der Waals surface area contributed by atoms with Crippen LogP contribution in [0.15, 0.2) is 0 Å². The molecule has 0 aliphatic carbocycles. The van der Waals surface area contributed by atoms with E-state index in [-0.39, 0.29) is 5.91 Å². The highest BCUT2D eigenvalue weighted by atomic mass is 19.4. The highest BCUT2D eigenvalue weighted by Gasteiger charge is 2.28. The maximum atomic E-state index is 11.9. The molecule has 7 heteroatoms. The minimum atomic E-state index is -4.14. The highest BCUT2D eigenvalue weighted by Crippen LogP contribution is 2.15. The number of nitrogens with two attached hydrogens (primary N) is 1. The molecule has 0 aromatic heterocycles. The third-order valence-corrected chi connectivity index (χ3v) is 2.05. The number of carbonyl (C=O) groups is 1. The number of hydrogen-bond acceptors (Lipinski definition) is 3. The van der Waals surface area contributed by atoms with Gasteiger partial charge in [0.1, 0.15) is 0 Å². The smallest absolute Gasteiger partial charge is 0.298 e. The predicted molar refractivity (Wildman–Crippen MR) is 54.4 cm³/mol. The van der Waals surface area contributed by atoms with Crippen molar-refractivity contribution in [3.05, 3.63) is 0 Å². The third kappa shape index (κ3) is 9.72. The zero-order valence-electron chi connectivity index (χ0n) is 9.31. The van der Waals surface area contributed by atoms with Crippen LogP contribution in [0.25, 0.3) is 0 Å². The fraction of sp³-hybridized carbons (Fsp3) is 0.889. The van der Waals surface area contributed by atoms with Crippen LogP contribution in [0, 0.1) is 0 Å². The van der Waals surface area contributed by atoms with Crippen LogP contribution in [0.2, 0.25) is 0 Å². The Morgan fingerprint density at radius 3 is 2.44 bits per heavy atom. The number of unbranched alkanes of at least 4 members (excludes halogenated alkanes) is 2. The molecule has 0 heterocycles. The molecule has 1 amide bonds. The van der Waals surface area contributed by atoms with Gasteiger partial charge in [-0.15, -0.1) is 0 Å². The summed E-state index contributed by atoms with van der Waals surface area (Å²) in [4.78, 5) is 11.9. The van der Waals surface area contributed by atoms with Crippen molar-refractivity contribution >= 4 is 5.91 Å². The van der Waals surface area contributed by atoms with Crippen LogP contribution in [-0.4, -0.2) is 37.1 Å². The molecule has 0 spiro atoms. The third-order valence-electron chi connectivity index (χ3n) is 2.05. The summed E-state index contributed by atoms with van der Waals surface area (Å²) in [5, 5.41) is 0. The van der Waals surface area contributed by atoms with Gasteiger partial charge in [-0.05, 0) is 26.4 Å². The summed E-state index contributed by atoms with van der Waals surface area (Å²) in [6, 6.07) is 0. The number of hydrogen-bond donors (Lipinski definition) is 2. The van der Waals surface area contributed by atoms with Crippen molar-refractivity contribution in [2.45, 2.75) is 31.9 Å². The van der Waals surface area contributed by atoms with Gasteiger partial charge in [-0.3, -0.25) is 15.1 Å². The average molecular weight is 241 g/mol. The van der Waals surface area contributed by atoms with E-state index >= 15 is 0 Å². The number of amides is 1. The van der Waals surface area contributed by atoms with Gasteiger partial charge in [-0.1, -0.05) is 6.42 Å². The maximum absolute atomic E-state index is 11.9. The Bertz CT molecular complexity index is 209.